The number of anilines is 1. The van der Waals surface area contributed by atoms with Crippen LogP contribution in [0.1, 0.15) is 30.1 Å². The number of oxazole rings is 1. The van der Waals surface area contributed by atoms with Crippen molar-refractivity contribution >= 4 is 22.7 Å². The van der Waals surface area contributed by atoms with E-state index in [1.165, 1.54) is 16.7 Å². The third-order valence-corrected chi connectivity index (χ3v) is 6.87. The molecular weight excluding hydrogens is 454 g/mol. The molecule has 0 bridgehead atoms. The molecule has 1 aromatic heterocycles. The van der Waals surface area contributed by atoms with Gasteiger partial charge in [-0.2, -0.15) is 0 Å². The van der Waals surface area contributed by atoms with E-state index < -0.39 is 17.8 Å². The van der Waals surface area contributed by atoms with Gasteiger partial charge in [-0.1, -0.05) is 61.5 Å². The van der Waals surface area contributed by atoms with Gasteiger partial charge in [0, 0.05) is 32.7 Å². The molecule has 5 rings (SSSR count). The first-order chi connectivity index (χ1) is 17.5. The van der Waals surface area contributed by atoms with Gasteiger partial charge in [0.1, 0.15) is 5.52 Å². The highest BCUT2D eigenvalue weighted by Crippen LogP contribution is 2.28. The number of hydrogen-bond acceptors (Lipinski definition) is 6. The summed E-state index contributed by atoms with van der Waals surface area (Å²) in [7, 11) is 0. The van der Waals surface area contributed by atoms with Crippen LogP contribution in [0.3, 0.4) is 0 Å². The van der Waals surface area contributed by atoms with Crippen molar-refractivity contribution in [3.63, 3.8) is 0 Å². The first-order valence-corrected chi connectivity index (χ1v) is 12.5. The number of nitrogens with zero attached hydrogens (tertiary/aromatic N) is 3. The fourth-order valence-corrected chi connectivity index (χ4v) is 4.83. The molecule has 36 heavy (non-hydrogen) atoms. The highest BCUT2D eigenvalue weighted by atomic mass is 16.4. The third-order valence-electron chi connectivity index (χ3n) is 6.87. The monoisotopic (exact) mass is 485 g/mol. The zero-order chi connectivity index (χ0) is 25.1. The van der Waals surface area contributed by atoms with Crippen molar-refractivity contribution in [1.29, 1.82) is 0 Å². The highest BCUT2D eigenvalue weighted by Gasteiger charge is 2.24. The Balaban J connectivity index is 1.29. The topological polar surface area (TPSA) is 78.9 Å². The van der Waals surface area contributed by atoms with E-state index in [-0.39, 0.29) is 6.42 Å². The summed E-state index contributed by atoms with van der Waals surface area (Å²) in [5.41, 5.74) is 5.41. The Kier molecular flexibility index (Phi) is 7.02. The zero-order valence-electron chi connectivity index (χ0n) is 20.5. The van der Waals surface area contributed by atoms with Crippen LogP contribution in [0.25, 0.3) is 22.2 Å². The number of carbonyl (C=O) groups excluding carboxylic acids is 1. The van der Waals surface area contributed by atoms with E-state index in [0.717, 1.165) is 43.0 Å². The molecule has 186 valence electrons. The predicted molar refractivity (Wildman–Crippen MR) is 141 cm³/mol. The van der Waals surface area contributed by atoms with Gasteiger partial charge in [0.05, 0.1) is 18.2 Å². The van der Waals surface area contributed by atoms with Gasteiger partial charge in [0.15, 0.2) is 5.58 Å². The van der Waals surface area contributed by atoms with Crippen LogP contribution in [-0.4, -0.2) is 52.8 Å². The van der Waals surface area contributed by atoms with Crippen LogP contribution in [0.4, 0.5) is 5.69 Å². The molecular formula is C29H31N3O4. The van der Waals surface area contributed by atoms with E-state index in [1.54, 1.807) is 13.0 Å². The van der Waals surface area contributed by atoms with Gasteiger partial charge in [-0.05, 0) is 41.3 Å². The average Bonchev–Trinajstić information content (AvgIpc) is 3.25. The van der Waals surface area contributed by atoms with Gasteiger partial charge in [-0.3, -0.25) is 9.69 Å². The van der Waals surface area contributed by atoms with E-state index in [4.69, 9.17) is 4.42 Å². The Morgan fingerprint density at radius 1 is 0.944 bits per heavy atom. The molecule has 3 aromatic carbocycles. The number of aromatic nitrogens is 1. The molecule has 7 heteroatoms. The van der Waals surface area contributed by atoms with Crippen LogP contribution in [0, 0.1) is 0 Å². The lowest BCUT2D eigenvalue weighted by atomic mass is 10.0. The minimum atomic E-state index is -0.779. The first kappa shape index (κ1) is 24.0. The number of hydrogen-bond donors (Lipinski definition) is 1. The maximum atomic E-state index is 12.7. The summed E-state index contributed by atoms with van der Waals surface area (Å²) in [6, 6.07) is 24.6. The van der Waals surface area contributed by atoms with Crippen molar-refractivity contribution in [2.75, 3.05) is 31.1 Å². The summed E-state index contributed by atoms with van der Waals surface area (Å²) >= 11 is 0. The summed E-state index contributed by atoms with van der Waals surface area (Å²) in [4.78, 5) is 29.8. The molecule has 1 unspecified atom stereocenters. The molecule has 0 spiro atoms. The lowest BCUT2D eigenvalue weighted by molar-refractivity contribution is 0.0791. The summed E-state index contributed by atoms with van der Waals surface area (Å²) in [5.74, 6) is -1.16. The van der Waals surface area contributed by atoms with Crippen LogP contribution in [0.2, 0.25) is 0 Å². The van der Waals surface area contributed by atoms with Crippen molar-refractivity contribution in [1.82, 2.24) is 9.47 Å². The molecule has 4 aromatic rings. The second-order valence-corrected chi connectivity index (χ2v) is 9.32. The molecule has 1 aliphatic heterocycles. The van der Waals surface area contributed by atoms with E-state index in [9.17, 15) is 14.7 Å². The Morgan fingerprint density at radius 2 is 1.67 bits per heavy atom. The highest BCUT2D eigenvalue weighted by molar-refractivity contribution is 5.94. The molecule has 7 nitrogen and oxygen atoms in total. The summed E-state index contributed by atoms with van der Waals surface area (Å²) in [5, 5.41) is 9.87. The second-order valence-electron chi connectivity index (χ2n) is 9.32. The normalized spacial score (nSPS) is 15.3. The molecule has 2 heterocycles. The fourth-order valence-electron chi connectivity index (χ4n) is 4.83. The number of carbonyl (C=O) groups is 1. The SMILES string of the molecule is CCC(O)CC(=O)n1c(=O)oc2c(N3CCN(Cc4cccc(-c5ccccc5)c4)CC3)cccc21. The van der Waals surface area contributed by atoms with Crippen molar-refractivity contribution in [2.45, 2.75) is 32.4 Å². The Bertz CT molecular complexity index is 1400. The Hall–Kier alpha value is -3.68. The van der Waals surface area contributed by atoms with E-state index in [2.05, 4.69) is 58.3 Å². The van der Waals surface area contributed by atoms with Crippen LogP contribution < -0.4 is 10.7 Å². The number of para-hydroxylation sites is 1. The molecule has 1 saturated heterocycles. The van der Waals surface area contributed by atoms with Crippen molar-refractivity contribution in [2.24, 2.45) is 0 Å². The summed E-state index contributed by atoms with van der Waals surface area (Å²) < 4.78 is 6.60. The Labute approximate surface area is 210 Å². The maximum absolute atomic E-state index is 12.7. The number of fused-ring (bicyclic) bond motifs is 1. The van der Waals surface area contributed by atoms with Crippen molar-refractivity contribution in [3.8, 4) is 11.1 Å². The van der Waals surface area contributed by atoms with Gasteiger partial charge in [0.2, 0.25) is 5.91 Å². The molecule has 1 aliphatic rings. The molecule has 0 aliphatic carbocycles. The number of rotatable bonds is 7. The van der Waals surface area contributed by atoms with Crippen LogP contribution in [-0.2, 0) is 6.54 Å². The summed E-state index contributed by atoms with van der Waals surface area (Å²) in [6.45, 7) is 5.99. The number of aliphatic hydroxyl groups is 1. The number of piperazine rings is 1. The minimum Gasteiger partial charge on any atom is -0.405 e. The van der Waals surface area contributed by atoms with Crippen molar-refractivity contribution < 1.29 is 14.3 Å². The average molecular weight is 486 g/mol. The standard InChI is InChI=1S/C29H31N3O4/c1-2-24(33)19-27(34)32-26-13-7-12-25(28(26)36-29(32)35)31-16-14-30(15-17-31)20-21-8-6-11-23(18-21)22-9-4-3-5-10-22/h3-13,18,24,33H,2,14-17,19-20H2,1H3. The van der Waals surface area contributed by atoms with Crippen LogP contribution in [0.5, 0.6) is 0 Å². The lowest BCUT2D eigenvalue weighted by Crippen LogP contribution is -2.46. The largest absolute Gasteiger partial charge is 0.426 e. The van der Waals surface area contributed by atoms with Gasteiger partial charge < -0.3 is 14.4 Å². The van der Waals surface area contributed by atoms with Crippen LogP contribution in [0.15, 0.2) is 82.0 Å². The van der Waals surface area contributed by atoms with Crippen LogP contribution >= 0.6 is 0 Å². The maximum Gasteiger partial charge on any atom is 0.426 e. The molecule has 1 N–H and O–H groups in total. The third kappa shape index (κ3) is 4.98. The molecule has 1 atom stereocenters. The fraction of sp³-hybridized carbons (Fsp3) is 0.310. The Morgan fingerprint density at radius 3 is 2.42 bits per heavy atom. The van der Waals surface area contributed by atoms with Gasteiger partial charge in [-0.15, -0.1) is 0 Å². The van der Waals surface area contributed by atoms with Gasteiger partial charge >= 0.3 is 5.76 Å². The van der Waals surface area contributed by atoms with E-state index >= 15 is 0 Å². The molecule has 1 fully saturated rings. The van der Waals surface area contributed by atoms with Gasteiger partial charge in [-0.25, -0.2) is 9.36 Å². The first-order valence-electron chi connectivity index (χ1n) is 12.5. The predicted octanol–water partition coefficient (Wildman–Crippen LogP) is 4.38. The zero-order valence-corrected chi connectivity index (χ0v) is 20.5. The van der Waals surface area contributed by atoms with E-state index in [0.29, 0.717) is 17.5 Å². The molecule has 0 amide bonds. The smallest absolute Gasteiger partial charge is 0.405 e. The molecule has 0 saturated carbocycles. The van der Waals surface area contributed by atoms with Crippen molar-refractivity contribution in [3.05, 3.63) is 88.9 Å². The number of aliphatic hydroxyl groups excluding tert-OH is 1. The second kappa shape index (κ2) is 10.5. The minimum absolute atomic E-state index is 0.112. The van der Waals surface area contributed by atoms with Gasteiger partial charge in [0.25, 0.3) is 0 Å². The number of benzene rings is 3. The van der Waals surface area contributed by atoms with E-state index in [1.807, 2.05) is 18.2 Å². The summed E-state index contributed by atoms with van der Waals surface area (Å²) in [6.07, 6.45) is -0.444. The lowest BCUT2D eigenvalue weighted by Gasteiger charge is -2.36. The molecule has 0 radical (unpaired) electrons. The quantitative estimate of drug-likeness (QED) is 0.418.